The number of hydrogen-bond donors (Lipinski definition) is 0. The van der Waals surface area contributed by atoms with Crippen LogP contribution < -0.4 is 4.90 Å². The minimum absolute atomic E-state index is 0.334. The van der Waals surface area contributed by atoms with Gasteiger partial charge in [0.15, 0.2) is 0 Å². The Balaban J connectivity index is 1.20. The van der Waals surface area contributed by atoms with E-state index in [0.717, 1.165) is 66.3 Å². The third kappa shape index (κ3) is 5.68. The number of amides is 2. The summed E-state index contributed by atoms with van der Waals surface area (Å²) >= 11 is 0. The highest BCUT2D eigenvalue weighted by Gasteiger charge is 2.40. The van der Waals surface area contributed by atoms with Crippen molar-refractivity contribution in [1.29, 1.82) is 0 Å². The van der Waals surface area contributed by atoms with Crippen LogP contribution in [0.2, 0.25) is 0 Å². The van der Waals surface area contributed by atoms with Crippen LogP contribution in [0.3, 0.4) is 0 Å². The van der Waals surface area contributed by atoms with Crippen LogP contribution in [0.15, 0.2) is 170 Å². The fraction of sp³-hybridized carbons (Fsp3) is 0.0741. The molecule has 0 fully saturated rings. The molecule has 9 aromatic rings. The standard InChI is InChI=1S/C54H40N2O2/c1-33-18-23-42(35(3)28-33)40-20-25-44-45-26-21-41(43-24-19-34(2)29-36(43)4)32-51(45)55(50(44)31-40)49-17-11-16-46-52(49)54(58)56(53(46)57)48-27-22-39(37-12-7-5-8-13-37)30-47(48)38-14-9-6-10-15-38/h5-32H,1-4H3. The first-order valence-electron chi connectivity index (χ1n) is 19.8. The Morgan fingerprint density at radius 1 is 0.362 bits per heavy atom. The number of fused-ring (bicyclic) bond motifs is 4. The topological polar surface area (TPSA) is 42.3 Å². The molecule has 10 rings (SSSR count). The van der Waals surface area contributed by atoms with Gasteiger partial charge in [0, 0.05) is 16.3 Å². The maximum atomic E-state index is 15.2. The zero-order chi connectivity index (χ0) is 39.7. The molecule has 0 radical (unpaired) electrons. The molecular weight excluding hydrogens is 709 g/mol. The van der Waals surface area contributed by atoms with Crippen molar-refractivity contribution < 1.29 is 9.59 Å². The molecule has 0 bridgehead atoms. The SMILES string of the molecule is Cc1ccc(-c2ccc3c4ccc(-c5ccc(C)cc5C)cc4n(-c4cccc5c4C(=O)N(c4ccc(-c6ccccc6)cc4-c4ccccc4)C5=O)c3c2)c(C)c1. The number of rotatable bonds is 6. The van der Waals surface area contributed by atoms with Crippen molar-refractivity contribution in [3.05, 3.63) is 203 Å². The summed E-state index contributed by atoms with van der Waals surface area (Å²) in [5, 5.41) is 2.15. The van der Waals surface area contributed by atoms with Gasteiger partial charge in [-0.2, -0.15) is 0 Å². The summed E-state index contributed by atoms with van der Waals surface area (Å²) in [6.45, 7) is 8.53. The van der Waals surface area contributed by atoms with Gasteiger partial charge < -0.3 is 4.57 Å². The van der Waals surface area contributed by atoms with E-state index in [9.17, 15) is 4.79 Å². The number of anilines is 1. The van der Waals surface area contributed by atoms with Crippen LogP contribution in [-0.4, -0.2) is 16.4 Å². The molecule has 2 amide bonds. The summed E-state index contributed by atoms with van der Waals surface area (Å²) in [6.07, 6.45) is 0. The van der Waals surface area contributed by atoms with Crippen LogP contribution in [-0.2, 0) is 0 Å². The second-order valence-corrected chi connectivity index (χ2v) is 15.5. The van der Waals surface area contributed by atoms with Crippen LogP contribution in [0.1, 0.15) is 43.0 Å². The summed E-state index contributed by atoms with van der Waals surface area (Å²) in [7, 11) is 0. The van der Waals surface area contributed by atoms with Crippen molar-refractivity contribution in [3.63, 3.8) is 0 Å². The van der Waals surface area contributed by atoms with Crippen molar-refractivity contribution >= 4 is 39.3 Å². The second kappa shape index (κ2) is 13.7. The molecule has 1 aliphatic heterocycles. The Kier molecular flexibility index (Phi) is 8.31. The summed E-state index contributed by atoms with van der Waals surface area (Å²) in [5.74, 6) is -0.675. The molecule has 8 aromatic carbocycles. The van der Waals surface area contributed by atoms with Crippen molar-refractivity contribution in [3.8, 4) is 50.2 Å². The number of carbonyl (C=O) groups excluding carboxylic acids is 2. The molecule has 0 atom stereocenters. The molecule has 2 heterocycles. The molecular formula is C54H40N2O2. The fourth-order valence-corrected chi connectivity index (χ4v) is 8.95. The van der Waals surface area contributed by atoms with E-state index in [-0.39, 0.29) is 11.8 Å². The third-order valence-electron chi connectivity index (χ3n) is 11.7. The highest BCUT2D eigenvalue weighted by Crippen LogP contribution is 2.43. The number of nitrogens with zero attached hydrogens (tertiary/aromatic N) is 2. The molecule has 4 nitrogen and oxygen atoms in total. The van der Waals surface area contributed by atoms with Crippen molar-refractivity contribution in [2.24, 2.45) is 0 Å². The largest absolute Gasteiger partial charge is 0.308 e. The van der Waals surface area contributed by atoms with Crippen LogP contribution in [0, 0.1) is 27.7 Å². The third-order valence-corrected chi connectivity index (χ3v) is 11.7. The molecule has 0 saturated carbocycles. The van der Waals surface area contributed by atoms with Crippen LogP contribution in [0.4, 0.5) is 5.69 Å². The zero-order valence-electron chi connectivity index (χ0n) is 32.9. The van der Waals surface area contributed by atoms with E-state index in [2.05, 4.69) is 123 Å². The average Bonchev–Trinajstić information content (AvgIpc) is 3.70. The van der Waals surface area contributed by atoms with Gasteiger partial charge in [-0.3, -0.25) is 9.59 Å². The quantitative estimate of drug-likeness (QED) is 0.159. The Hall–Kier alpha value is -7.30. The van der Waals surface area contributed by atoms with Gasteiger partial charge in [0.2, 0.25) is 0 Å². The van der Waals surface area contributed by atoms with E-state index in [1.54, 1.807) is 6.07 Å². The highest BCUT2D eigenvalue weighted by molar-refractivity contribution is 6.36. The fourth-order valence-electron chi connectivity index (χ4n) is 8.95. The Morgan fingerprint density at radius 3 is 1.48 bits per heavy atom. The van der Waals surface area contributed by atoms with Gasteiger partial charge in [-0.25, -0.2) is 4.90 Å². The van der Waals surface area contributed by atoms with Gasteiger partial charge in [0.1, 0.15) is 0 Å². The minimum Gasteiger partial charge on any atom is -0.308 e. The lowest BCUT2D eigenvalue weighted by atomic mass is 9.96. The molecule has 0 aliphatic carbocycles. The zero-order valence-corrected chi connectivity index (χ0v) is 32.9. The van der Waals surface area contributed by atoms with Gasteiger partial charge in [-0.15, -0.1) is 0 Å². The lowest BCUT2D eigenvalue weighted by molar-refractivity contribution is 0.0926. The normalized spacial score (nSPS) is 12.5. The molecule has 0 saturated heterocycles. The van der Waals surface area contributed by atoms with Gasteiger partial charge in [-0.1, -0.05) is 145 Å². The molecule has 0 spiro atoms. The van der Waals surface area contributed by atoms with Crippen molar-refractivity contribution in [2.45, 2.75) is 27.7 Å². The lowest BCUT2D eigenvalue weighted by Gasteiger charge is -2.20. The first-order chi connectivity index (χ1) is 28.2. The van der Waals surface area contributed by atoms with Gasteiger partial charge in [-0.05, 0) is 114 Å². The number of carbonyl (C=O) groups is 2. The average molecular weight is 749 g/mol. The van der Waals surface area contributed by atoms with E-state index in [4.69, 9.17) is 0 Å². The predicted octanol–water partition coefficient (Wildman–Crippen LogP) is 13.5. The molecule has 1 aromatic heterocycles. The molecule has 1 aliphatic rings. The van der Waals surface area contributed by atoms with Crippen molar-refractivity contribution in [2.75, 3.05) is 4.90 Å². The second-order valence-electron chi connectivity index (χ2n) is 15.5. The van der Waals surface area contributed by atoms with Crippen LogP contribution in [0.5, 0.6) is 0 Å². The van der Waals surface area contributed by atoms with E-state index in [1.165, 1.54) is 27.2 Å². The summed E-state index contributed by atoms with van der Waals surface area (Å²) < 4.78 is 2.20. The van der Waals surface area contributed by atoms with E-state index < -0.39 is 0 Å². The van der Waals surface area contributed by atoms with Crippen LogP contribution >= 0.6 is 0 Å². The first kappa shape index (κ1) is 35.1. The number of hydrogen-bond acceptors (Lipinski definition) is 2. The summed E-state index contributed by atoms with van der Waals surface area (Å²) in [6, 6.07) is 58.2. The lowest BCUT2D eigenvalue weighted by Crippen LogP contribution is -2.30. The monoisotopic (exact) mass is 748 g/mol. The minimum atomic E-state index is -0.341. The smallest absolute Gasteiger partial charge is 0.268 e. The van der Waals surface area contributed by atoms with E-state index in [0.29, 0.717) is 22.5 Å². The summed E-state index contributed by atoms with van der Waals surface area (Å²) in [5.41, 5.74) is 17.1. The number of imide groups is 1. The van der Waals surface area contributed by atoms with Crippen molar-refractivity contribution in [1.82, 2.24) is 4.57 Å². The van der Waals surface area contributed by atoms with Gasteiger partial charge >= 0.3 is 0 Å². The van der Waals surface area contributed by atoms with Gasteiger partial charge in [0.05, 0.1) is 33.5 Å². The van der Waals surface area contributed by atoms with E-state index in [1.807, 2.05) is 72.8 Å². The molecule has 58 heavy (non-hydrogen) atoms. The molecule has 4 heteroatoms. The summed E-state index contributed by atoms with van der Waals surface area (Å²) in [4.78, 5) is 31.2. The van der Waals surface area contributed by atoms with Crippen LogP contribution in [0.25, 0.3) is 72.0 Å². The molecule has 0 N–H and O–H groups in total. The first-order valence-corrected chi connectivity index (χ1v) is 19.8. The Labute approximate surface area is 338 Å². The predicted molar refractivity (Wildman–Crippen MR) is 239 cm³/mol. The Bertz CT molecular complexity index is 3030. The van der Waals surface area contributed by atoms with Gasteiger partial charge in [0.25, 0.3) is 11.8 Å². The number of aromatic nitrogens is 1. The maximum Gasteiger partial charge on any atom is 0.268 e. The molecule has 278 valence electrons. The number of aryl methyl sites for hydroxylation is 4. The molecule has 0 unspecified atom stereocenters. The maximum absolute atomic E-state index is 15.2. The highest BCUT2D eigenvalue weighted by atomic mass is 16.2. The van der Waals surface area contributed by atoms with E-state index >= 15 is 4.79 Å². The Morgan fingerprint density at radius 2 is 0.914 bits per heavy atom. The number of benzene rings is 8.